The van der Waals surface area contributed by atoms with Crippen molar-refractivity contribution in [2.75, 3.05) is 0 Å². The number of rotatable bonds is 5. The zero-order valence-electron chi connectivity index (χ0n) is 16.5. The van der Waals surface area contributed by atoms with Crippen molar-refractivity contribution in [3.05, 3.63) is 89.5 Å². The Hall–Kier alpha value is -3.51. The van der Waals surface area contributed by atoms with E-state index in [1.165, 1.54) is 0 Å². The van der Waals surface area contributed by atoms with Gasteiger partial charge >= 0.3 is 0 Å². The van der Waals surface area contributed by atoms with Gasteiger partial charge in [-0.25, -0.2) is 9.97 Å². The van der Waals surface area contributed by atoms with Crippen LogP contribution in [0.2, 0.25) is 0 Å². The molecule has 0 aliphatic heterocycles. The van der Waals surface area contributed by atoms with Gasteiger partial charge in [0, 0.05) is 29.9 Å². The number of nitrogens with zero attached hydrogens (tertiary/aromatic N) is 3. The number of carbonyl (C=O) groups is 1. The molecule has 29 heavy (non-hydrogen) atoms. The largest absolute Gasteiger partial charge is 0.345 e. The van der Waals surface area contributed by atoms with Gasteiger partial charge in [-0.15, -0.1) is 0 Å². The van der Waals surface area contributed by atoms with Crippen molar-refractivity contribution in [2.45, 2.75) is 26.4 Å². The number of pyridine rings is 1. The van der Waals surface area contributed by atoms with E-state index < -0.39 is 0 Å². The molecule has 1 amide bonds. The normalized spacial score (nSPS) is 12.1. The maximum atomic E-state index is 13.0. The Morgan fingerprint density at radius 3 is 2.79 bits per heavy atom. The van der Waals surface area contributed by atoms with E-state index in [1.807, 2.05) is 73.1 Å². The standard InChI is InChI=1S/C23H23N5O/c1-15-7-8-17(13-24)11-19(15)23(29)26-16(2)20-12-22(28-10-9-25-14-28)27-21-6-4-3-5-18(20)21/h3-12,14,16H,13,24H2,1-2H3,(H,26,29). The van der Waals surface area contributed by atoms with Gasteiger partial charge in [-0.2, -0.15) is 0 Å². The van der Waals surface area contributed by atoms with Crippen molar-refractivity contribution in [1.82, 2.24) is 19.9 Å². The van der Waals surface area contributed by atoms with E-state index in [1.54, 1.807) is 12.5 Å². The number of nitrogens with two attached hydrogens (primary N) is 1. The molecule has 4 aromatic rings. The highest BCUT2D eigenvalue weighted by Crippen LogP contribution is 2.26. The first-order chi connectivity index (χ1) is 14.1. The van der Waals surface area contributed by atoms with Crippen molar-refractivity contribution in [1.29, 1.82) is 0 Å². The summed E-state index contributed by atoms with van der Waals surface area (Å²) in [6, 6.07) is 15.5. The van der Waals surface area contributed by atoms with Crippen LogP contribution in [-0.2, 0) is 6.54 Å². The van der Waals surface area contributed by atoms with Crippen LogP contribution in [-0.4, -0.2) is 20.4 Å². The zero-order valence-corrected chi connectivity index (χ0v) is 16.5. The maximum absolute atomic E-state index is 13.0. The summed E-state index contributed by atoms with van der Waals surface area (Å²) < 4.78 is 1.86. The lowest BCUT2D eigenvalue weighted by Gasteiger charge is -2.19. The van der Waals surface area contributed by atoms with Gasteiger partial charge < -0.3 is 11.1 Å². The average Bonchev–Trinajstić information content (AvgIpc) is 3.28. The van der Waals surface area contributed by atoms with Gasteiger partial charge in [0.05, 0.1) is 11.6 Å². The molecule has 6 heteroatoms. The molecule has 146 valence electrons. The number of aryl methyl sites for hydroxylation is 1. The van der Waals surface area contributed by atoms with Gasteiger partial charge in [0.2, 0.25) is 0 Å². The van der Waals surface area contributed by atoms with E-state index >= 15 is 0 Å². The van der Waals surface area contributed by atoms with Crippen molar-refractivity contribution >= 4 is 16.8 Å². The Balaban J connectivity index is 1.71. The Morgan fingerprint density at radius 1 is 1.21 bits per heavy atom. The summed E-state index contributed by atoms with van der Waals surface area (Å²) in [6.07, 6.45) is 5.28. The first kappa shape index (κ1) is 18.8. The lowest BCUT2D eigenvalue weighted by atomic mass is 10.0. The van der Waals surface area contributed by atoms with Crippen LogP contribution >= 0.6 is 0 Å². The van der Waals surface area contributed by atoms with Gasteiger partial charge in [0.25, 0.3) is 5.91 Å². The van der Waals surface area contributed by atoms with Crippen molar-refractivity contribution in [2.24, 2.45) is 5.73 Å². The number of para-hydroxylation sites is 1. The third kappa shape index (κ3) is 3.75. The number of carbonyl (C=O) groups excluding carboxylic acids is 1. The topological polar surface area (TPSA) is 85.8 Å². The predicted octanol–water partition coefficient (Wildman–Crippen LogP) is 3.68. The van der Waals surface area contributed by atoms with Crippen LogP contribution in [0.4, 0.5) is 0 Å². The summed E-state index contributed by atoms with van der Waals surface area (Å²) in [6.45, 7) is 4.32. The molecule has 3 N–H and O–H groups in total. The molecule has 2 aromatic carbocycles. The van der Waals surface area contributed by atoms with E-state index in [2.05, 4.69) is 10.3 Å². The molecule has 1 unspecified atom stereocenters. The van der Waals surface area contributed by atoms with E-state index in [4.69, 9.17) is 10.7 Å². The number of nitrogens with one attached hydrogen (secondary N) is 1. The Labute approximate surface area is 169 Å². The van der Waals surface area contributed by atoms with Crippen LogP contribution in [0.25, 0.3) is 16.7 Å². The maximum Gasteiger partial charge on any atom is 0.252 e. The Kier molecular flexibility index (Phi) is 5.10. The number of aromatic nitrogens is 3. The van der Waals surface area contributed by atoms with E-state index in [0.29, 0.717) is 12.1 Å². The van der Waals surface area contributed by atoms with Crippen LogP contribution < -0.4 is 11.1 Å². The second-order valence-electron chi connectivity index (χ2n) is 7.11. The zero-order chi connectivity index (χ0) is 20.4. The summed E-state index contributed by atoms with van der Waals surface area (Å²) in [5.74, 6) is 0.647. The monoisotopic (exact) mass is 385 g/mol. The predicted molar refractivity (Wildman–Crippen MR) is 114 cm³/mol. The quantitative estimate of drug-likeness (QED) is 0.549. The van der Waals surface area contributed by atoms with E-state index in [9.17, 15) is 4.79 Å². The fourth-order valence-corrected chi connectivity index (χ4v) is 3.47. The third-order valence-electron chi connectivity index (χ3n) is 5.10. The van der Waals surface area contributed by atoms with Crippen LogP contribution in [0.15, 0.2) is 67.3 Å². The van der Waals surface area contributed by atoms with Gasteiger partial charge in [-0.05, 0) is 48.7 Å². The Morgan fingerprint density at radius 2 is 2.03 bits per heavy atom. The van der Waals surface area contributed by atoms with Crippen LogP contribution in [0.3, 0.4) is 0 Å². The number of amides is 1. The second kappa shape index (κ2) is 7.85. The van der Waals surface area contributed by atoms with Gasteiger partial charge in [-0.3, -0.25) is 9.36 Å². The number of benzene rings is 2. The molecule has 0 fully saturated rings. The lowest BCUT2D eigenvalue weighted by Crippen LogP contribution is -2.27. The third-order valence-corrected chi connectivity index (χ3v) is 5.10. The molecule has 2 heterocycles. The summed E-state index contributed by atoms with van der Waals surface area (Å²) in [7, 11) is 0. The highest BCUT2D eigenvalue weighted by atomic mass is 16.1. The van der Waals surface area contributed by atoms with Gasteiger partial charge in [-0.1, -0.05) is 30.3 Å². The first-order valence-electron chi connectivity index (χ1n) is 9.55. The number of hydrogen-bond acceptors (Lipinski definition) is 4. The van der Waals surface area contributed by atoms with E-state index in [-0.39, 0.29) is 11.9 Å². The second-order valence-corrected chi connectivity index (χ2v) is 7.11. The summed E-state index contributed by atoms with van der Waals surface area (Å²) in [4.78, 5) is 21.8. The molecular weight excluding hydrogens is 362 g/mol. The minimum atomic E-state index is -0.210. The number of hydrogen-bond donors (Lipinski definition) is 2. The summed E-state index contributed by atoms with van der Waals surface area (Å²) in [5, 5.41) is 4.15. The fraction of sp³-hybridized carbons (Fsp3) is 0.174. The average molecular weight is 385 g/mol. The molecule has 0 spiro atoms. The van der Waals surface area contributed by atoms with E-state index in [0.717, 1.165) is 33.4 Å². The van der Waals surface area contributed by atoms with Gasteiger partial charge in [0.1, 0.15) is 12.1 Å². The summed E-state index contributed by atoms with van der Waals surface area (Å²) >= 11 is 0. The van der Waals surface area contributed by atoms with Crippen molar-refractivity contribution in [3.63, 3.8) is 0 Å². The minimum Gasteiger partial charge on any atom is -0.345 e. The molecule has 6 nitrogen and oxygen atoms in total. The Bertz CT molecular complexity index is 1170. The molecule has 4 rings (SSSR count). The summed E-state index contributed by atoms with van der Waals surface area (Å²) in [5.41, 5.74) is 10.1. The van der Waals surface area contributed by atoms with Crippen LogP contribution in [0.5, 0.6) is 0 Å². The first-order valence-corrected chi connectivity index (χ1v) is 9.55. The number of fused-ring (bicyclic) bond motifs is 1. The molecule has 0 saturated heterocycles. The SMILES string of the molecule is Cc1ccc(CN)cc1C(=O)NC(C)c1cc(-n2ccnc2)nc2ccccc12. The van der Waals surface area contributed by atoms with Crippen LogP contribution in [0.1, 0.15) is 40.0 Å². The molecule has 1 atom stereocenters. The van der Waals surface area contributed by atoms with Crippen molar-refractivity contribution in [3.8, 4) is 5.82 Å². The van der Waals surface area contributed by atoms with Crippen LogP contribution in [0, 0.1) is 6.92 Å². The molecule has 2 aromatic heterocycles. The molecule has 0 aliphatic rings. The fourth-order valence-electron chi connectivity index (χ4n) is 3.47. The molecular formula is C23H23N5O. The smallest absolute Gasteiger partial charge is 0.252 e. The van der Waals surface area contributed by atoms with Crippen molar-refractivity contribution < 1.29 is 4.79 Å². The highest BCUT2D eigenvalue weighted by molar-refractivity contribution is 5.96. The minimum absolute atomic E-state index is 0.115. The lowest BCUT2D eigenvalue weighted by molar-refractivity contribution is 0.0939. The number of imidazole rings is 1. The molecule has 0 bridgehead atoms. The molecule has 0 aliphatic carbocycles. The molecule has 0 radical (unpaired) electrons. The molecule has 0 saturated carbocycles. The highest BCUT2D eigenvalue weighted by Gasteiger charge is 2.17. The van der Waals surface area contributed by atoms with Gasteiger partial charge in [0.15, 0.2) is 0 Å².